The number of rotatable bonds is 4. The van der Waals surface area contributed by atoms with Gasteiger partial charge < -0.3 is 11.1 Å². The second-order valence-electron chi connectivity index (χ2n) is 7.22. The highest BCUT2D eigenvalue weighted by atomic mass is 35.5. The van der Waals surface area contributed by atoms with Crippen LogP contribution >= 0.6 is 12.4 Å². The molecule has 2 fully saturated rings. The fraction of sp³-hybridized carbons (Fsp3) is 0.632. The topological polar surface area (TPSA) is 55.1 Å². The van der Waals surface area contributed by atoms with E-state index in [1.807, 2.05) is 0 Å². The van der Waals surface area contributed by atoms with Gasteiger partial charge in [-0.05, 0) is 56.4 Å². The van der Waals surface area contributed by atoms with Gasteiger partial charge in [0.1, 0.15) is 0 Å². The van der Waals surface area contributed by atoms with E-state index in [1.54, 1.807) is 0 Å². The first-order valence-corrected chi connectivity index (χ1v) is 8.72. The smallest absolute Gasteiger partial charge is 0.223 e. The molecule has 2 bridgehead atoms. The van der Waals surface area contributed by atoms with Crippen LogP contribution in [0.1, 0.15) is 43.2 Å². The Labute approximate surface area is 145 Å². The first-order chi connectivity index (χ1) is 10.6. The molecule has 0 heterocycles. The van der Waals surface area contributed by atoms with Crippen LogP contribution in [0.4, 0.5) is 0 Å². The molecule has 4 heteroatoms. The lowest BCUT2D eigenvalue weighted by atomic mass is 9.65. The van der Waals surface area contributed by atoms with E-state index in [0.717, 1.165) is 25.8 Å². The summed E-state index contributed by atoms with van der Waals surface area (Å²) in [6, 6.07) is 8.88. The third kappa shape index (κ3) is 4.48. The molecule has 3 nitrogen and oxygen atoms in total. The summed E-state index contributed by atoms with van der Waals surface area (Å²) in [5, 5.41) is 3.14. The summed E-state index contributed by atoms with van der Waals surface area (Å²) in [6.45, 7) is 2.83. The molecule has 0 aromatic heterocycles. The van der Waals surface area contributed by atoms with Gasteiger partial charge in [-0.25, -0.2) is 0 Å². The van der Waals surface area contributed by atoms with Crippen LogP contribution < -0.4 is 11.1 Å². The molecule has 2 aliphatic carbocycles. The molecule has 1 aromatic rings. The number of hydrogen-bond acceptors (Lipinski definition) is 2. The number of carbonyl (C=O) groups is 1. The summed E-state index contributed by atoms with van der Waals surface area (Å²) in [4.78, 5) is 12.4. The molecule has 1 amide bonds. The van der Waals surface area contributed by atoms with Crippen molar-refractivity contribution in [1.29, 1.82) is 0 Å². The first-order valence-electron chi connectivity index (χ1n) is 8.72. The second-order valence-corrected chi connectivity index (χ2v) is 7.22. The van der Waals surface area contributed by atoms with Crippen LogP contribution in [0.2, 0.25) is 0 Å². The van der Waals surface area contributed by atoms with Crippen LogP contribution in [0.25, 0.3) is 0 Å². The Hall–Kier alpha value is -1.06. The minimum absolute atomic E-state index is 0. The van der Waals surface area contributed by atoms with Crippen LogP contribution in [0.5, 0.6) is 0 Å². The summed E-state index contributed by atoms with van der Waals surface area (Å²) in [5.41, 5.74) is 8.86. The lowest BCUT2D eigenvalue weighted by Crippen LogP contribution is -2.49. The van der Waals surface area contributed by atoms with Crippen LogP contribution in [-0.4, -0.2) is 18.5 Å². The standard InChI is InChI=1S/C19H28N2O.ClH/c1-13-5-7-14(8-6-13)9-10-21-19(22)17-11-15-3-2-4-16(12-17)18(15)20;/h5-8,15-18H,2-4,9-12,20H2,1H3,(H,21,22);1H. The van der Waals surface area contributed by atoms with Crippen molar-refractivity contribution in [3.05, 3.63) is 35.4 Å². The number of benzene rings is 1. The highest BCUT2D eigenvalue weighted by molar-refractivity contribution is 5.85. The van der Waals surface area contributed by atoms with Crippen LogP contribution in [0.3, 0.4) is 0 Å². The molecule has 0 saturated heterocycles. The minimum atomic E-state index is 0. The maximum atomic E-state index is 12.4. The molecule has 3 N–H and O–H groups in total. The third-order valence-electron chi connectivity index (χ3n) is 5.62. The number of hydrogen-bond donors (Lipinski definition) is 2. The van der Waals surface area contributed by atoms with Gasteiger partial charge in [0, 0.05) is 18.5 Å². The molecule has 0 aliphatic heterocycles. The predicted molar refractivity (Wildman–Crippen MR) is 96.7 cm³/mol. The van der Waals surface area contributed by atoms with Gasteiger partial charge in [0.25, 0.3) is 0 Å². The molecule has 128 valence electrons. The van der Waals surface area contributed by atoms with E-state index >= 15 is 0 Å². The number of aryl methyl sites for hydroxylation is 1. The SMILES string of the molecule is Cc1ccc(CCNC(=O)C2CC3CCCC(C2)C3N)cc1.Cl. The van der Waals surface area contributed by atoms with Crippen molar-refractivity contribution >= 4 is 18.3 Å². The zero-order chi connectivity index (χ0) is 15.5. The van der Waals surface area contributed by atoms with Crippen molar-refractivity contribution in [2.45, 2.75) is 51.5 Å². The molecular formula is C19H29ClN2O. The van der Waals surface area contributed by atoms with Crippen LogP contribution in [0, 0.1) is 24.7 Å². The van der Waals surface area contributed by atoms with Gasteiger partial charge in [0.2, 0.25) is 5.91 Å². The number of carbonyl (C=O) groups excluding carboxylic acids is 1. The van der Waals surface area contributed by atoms with Gasteiger partial charge in [-0.1, -0.05) is 36.2 Å². The Morgan fingerprint density at radius 1 is 1.17 bits per heavy atom. The molecule has 2 aliphatic rings. The summed E-state index contributed by atoms with van der Waals surface area (Å²) < 4.78 is 0. The van der Waals surface area contributed by atoms with E-state index in [-0.39, 0.29) is 24.2 Å². The van der Waals surface area contributed by atoms with Gasteiger partial charge in [0.15, 0.2) is 0 Å². The lowest BCUT2D eigenvalue weighted by Gasteiger charge is -2.43. The Balaban J connectivity index is 0.00000192. The molecule has 0 radical (unpaired) electrons. The first kappa shape index (κ1) is 18.3. The average molecular weight is 337 g/mol. The van der Waals surface area contributed by atoms with E-state index in [0.29, 0.717) is 17.9 Å². The minimum Gasteiger partial charge on any atom is -0.356 e. The predicted octanol–water partition coefficient (Wildman–Crippen LogP) is 3.23. The van der Waals surface area contributed by atoms with Crippen molar-refractivity contribution in [3.8, 4) is 0 Å². The summed E-state index contributed by atoms with van der Waals surface area (Å²) >= 11 is 0. The fourth-order valence-electron chi connectivity index (χ4n) is 4.23. The molecule has 3 rings (SSSR count). The van der Waals surface area contributed by atoms with E-state index in [9.17, 15) is 4.79 Å². The molecule has 2 saturated carbocycles. The number of fused-ring (bicyclic) bond motifs is 2. The van der Waals surface area contributed by atoms with E-state index in [2.05, 4.69) is 36.5 Å². The molecule has 23 heavy (non-hydrogen) atoms. The normalized spacial score (nSPS) is 29.5. The van der Waals surface area contributed by atoms with Gasteiger partial charge in [0.05, 0.1) is 0 Å². The Bertz CT molecular complexity index is 503. The monoisotopic (exact) mass is 336 g/mol. The van der Waals surface area contributed by atoms with Crippen LogP contribution in [-0.2, 0) is 11.2 Å². The Morgan fingerprint density at radius 3 is 2.39 bits per heavy atom. The van der Waals surface area contributed by atoms with Crippen molar-refractivity contribution in [1.82, 2.24) is 5.32 Å². The Kier molecular flexibility index (Phi) is 6.49. The molecule has 1 aromatic carbocycles. The number of nitrogens with two attached hydrogens (primary N) is 1. The maximum Gasteiger partial charge on any atom is 0.223 e. The molecule has 2 unspecified atom stereocenters. The maximum absolute atomic E-state index is 12.4. The van der Waals surface area contributed by atoms with Gasteiger partial charge in [-0.2, -0.15) is 0 Å². The average Bonchev–Trinajstić information content (AvgIpc) is 2.49. The molecule has 0 spiro atoms. The lowest BCUT2D eigenvalue weighted by molar-refractivity contribution is -0.127. The third-order valence-corrected chi connectivity index (χ3v) is 5.62. The van der Waals surface area contributed by atoms with Crippen molar-refractivity contribution in [2.75, 3.05) is 6.54 Å². The molecular weight excluding hydrogens is 308 g/mol. The van der Waals surface area contributed by atoms with E-state index in [1.165, 1.54) is 30.4 Å². The molecule has 2 atom stereocenters. The second kappa shape index (κ2) is 8.16. The number of nitrogens with one attached hydrogen (secondary N) is 1. The number of amides is 1. The van der Waals surface area contributed by atoms with Crippen LogP contribution in [0.15, 0.2) is 24.3 Å². The van der Waals surface area contributed by atoms with Gasteiger partial charge in [-0.15, -0.1) is 12.4 Å². The van der Waals surface area contributed by atoms with Gasteiger partial charge in [-0.3, -0.25) is 4.79 Å². The Morgan fingerprint density at radius 2 is 1.78 bits per heavy atom. The van der Waals surface area contributed by atoms with E-state index in [4.69, 9.17) is 5.73 Å². The van der Waals surface area contributed by atoms with E-state index < -0.39 is 0 Å². The van der Waals surface area contributed by atoms with Gasteiger partial charge >= 0.3 is 0 Å². The van der Waals surface area contributed by atoms with Crippen molar-refractivity contribution in [2.24, 2.45) is 23.5 Å². The quantitative estimate of drug-likeness (QED) is 0.887. The van der Waals surface area contributed by atoms with Crippen molar-refractivity contribution < 1.29 is 4.79 Å². The summed E-state index contributed by atoms with van der Waals surface area (Å²) in [5.74, 6) is 1.57. The largest absolute Gasteiger partial charge is 0.356 e. The van der Waals surface area contributed by atoms with Crippen molar-refractivity contribution in [3.63, 3.8) is 0 Å². The fourth-order valence-corrected chi connectivity index (χ4v) is 4.23. The highest BCUT2D eigenvalue weighted by Gasteiger charge is 2.40. The zero-order valence-corrected chi connectivity index (χ0v) is 14.8. The number of halogens is 1. The highest BCUT2D eigenvalue weighted by Crippen LogP contribution is 2.41. The summed E-state index contributed by atoms with van der Waals surface area (Å²) in [6.07, 6.45) is 6.62. The zero-order valence-electron chi connectivity index (χ0n) is 14.0. The summed E-state index contributed by atoms with van der Waals surface area (Å²) in [7, 11) is 0.